The van der Waals surface area contributed by atoms with Crippen LogP contribution in [-0.4, -0.2) is 52.5 Å². The van der Waals surface area contributed by atoms with E-state index in [1.54, 1.807) is 0 Å². The maximum atomic E-state index is 13.0. The molecule has 0 aliphatic carbocycles. The van der Waals surface area contributed by atoms with Crippen molar-refractivity contribution in [2.75, 3.05) is 6.54 Å². The molecule has 7 N–H and O–H groups in total. The fraction of sp³-hybridized carbons (Fsp3) is 0.304. The highest BCUT2D eigenvalue weighted by molar-refractivity contribution is 8.00. The number of rotatable bonds is 13. The molecule has 2 aromatic carbocycles. The Hall–Kier alpha value is -3.05. The highest BCUT2D eigenvalue weighted by Gasteiger charge is 2.34. The quantitative estimate of drug-likeness (QED) is 0.187. The van der Waals surface area contributed by atoms with Gasteiger partial charge in [-0.05, 0) is 36.2 Å². The third kappa shape index (κ3) is 8.10. The molecule has 33 heavy (non-hydrogen) atoms. The molecule has 0 heterocycles. The number of hydrogen-bond acceptors (Lipinski definition) is 9. The number of carboxylic acid groups (broad SMARTS) is 1. The predicted octanol–water partition coefficient (Wildman–Crippen LogP) is 1.12. The Balaban J connectivity index is 2.18. The SMILES string of the molecule is NCC(=O)Oc1ccc(C(=O)[C@@H](N)C(SCc2ccccc2)C(=O)[C@@H](N)CCC(=O)O)cc1. The van der Waals surface area contributed by atoms with Gasteiger partial charge in [0, 0.05) is 17.7 Å². The van der Waals surface area contributed by atoms with E-state index in [0.29, 0.717) is 5.75 Å². The van der Waals surface area contributed by atoms with E-state index in [4.69, 9.17) is 27.0 Å². The van der Waals surface area contributed by atoms with Crippen molar-refractivity contribution < 1.29 is 29.0 Å². The fourth-order valence-corrected chi connectivity index (χ4v) is 4.18. The number of Topliss-reactive ketones (excluding diaryl/α,β-unsaturated/α-hetero) is 2. The van der Waals surface area contributed by atoms with Crippen LogP contribution in [0.15, 0.2) is 54.6 Å². The van der Waals surface area contributed by atoms with Crippen LogP contribution in [0.2, 0.25) is 0 Å². The van der Waals surface area contributed by atoms with Crippen molar-refractivity contribution in [1.82, 2.24) is 0 Å². The number of carbonyl (C=O) groups excluding carboxylic acids is 3. The first-order valence-electron chi connectivity index (χ1n) is 10.2. The Bertz CT molecular complexity index is 968. The van der Waals surface area contributed by atoms with Crippen molar-refractivity contribution in [2.24, 2.45) is 17.2 Å². The smallest absolute Gasteiger partial charge is 0.325 e. The van der Waals surface area contributed by atoms with Gasteiger partial charge in [0.1, 0.15) is 5.75 Å². The number of esters is 1. The molecule has 0 aliphatic heterocycles. The minimum absolute atomic E-state index is 0.0569. The van der Waals surface area contributed by atoms with Crippen LogP contribution in [0.1, 0.15) is 28.8 Å². The molecule has 9 nitrogen and oxygen atoms in total. The molecule has 0 saturated carbocycles. The molecule has 1 unspecified atom stereocenters. The number of carbonyl (C=O) groups is 4. The summed E-state index contributed by atoms with van der Waals surface area (Å²) in [7, 11) is 0. The average Bonchev–Trinajstić information content (AvgIpc) is 2.82. The second kappa shape index (κ2) is 12.9. The van der Waals surface area contributed by atoms with E-state index in [0.717, 1.165) is 5.56 Å². The van der Waals surface area contributed by atoms with Gasteiger partial charge in [-0.2, -0.15) is 0 Å². The zero-order valence-electron chi connectivity index (χ0n) is 17.9. The van der Waals surface area contributed by atoms with Gasteiger partial charge in [-0.1, -0.05) is 30.3 Å². The number of ketones is 2. The monoisotopic (exact) mass is 473 g/mol. The molecule has 0 radical (unpaired) electrons. The van der Waals surface area contributed by atoms with Crippen LogP contribution in [0.25, 0.3) is 0 Å². The van der Waals surface area contributed by atoms with Gasteiger partial charge in [-0.25, -0.2) is 0 Å². The lowest BCUT2D eigenvalue weighted by molar-refractivity contribution is -0.137. The second-order valence-electron chi connectivity index (χ2n) is 7.25. The van der Waals surface area contributed by atoms with Crippen LogP contribution in [0.4, 0.5) is 0 Å². The normalized spacial score (nSPS) is 13.5. The van der Waals surface area contributed by atoms with E-state index in [-0.39, 0.29) is 30.7 Å². The lowest BCUT2D eigenvalue weighted by Gasteiger charge is -2.24. The van der Waals surface area contributed by atoms with Gasteiger partial charge >= 0.3 is 11.9 Å². The fourth-order valence-electron chi connectivity index (χ4n) is 2.95. The summed E-state index contributed by atoms with van der Waals surface area (Å²) in [6, 6.07) is 12.8. The van der Waals surface area contributed by atoms with Crippen LogP contribution >= 0.6 is 11.8 Å². The summed E-state index contributed by atoms with van der Waals surface area (Å²) in [5.41, 5.74) is 18.5. The topological polar surface area (TPSA) is 176 Å². The molecule has 176 valence electrons. The van der Waals surface area contributed by atoms with Crippen LogP contribution < -0.4 is 21.9 Å². The molecule has 0 fully saturated rings. The second-order valence-corrected chi connectivity index (χ2v) is 8.38. The molecule has 2 aromatic rings. The number of benzene rings is 2. The molecule has 0 aromatic heterocycles. The molecule has 2 rings (SSSR count). The van der Waals surface area contributed by atoms with E-state index < -0.39 is 40.8 Å². The van der Waals surface area contributed by atoms with Gasteiger partial charge < -0.3 is 27.0 Å². The van der Waals surface area contributed by atoms with E-state index in [2.05, 4.69) is 0 Å². The summed E-state index contributed by atoms with van der Waals surface area (Å²) in [6.45, 7) is -0.282. The van der Waals surface area contributed by atoms with Crippen LogP contribution in [0.5, 0.6) is 5.75 Å². The number of hydrogen-bond donors (Lipinski definition) is 4. The van der Waals surface area contributed by atoms with Crippen LogP contribution in [0, 0.1) is 0 Å². The third-order valence-corrected chi connectivity index (χ3v) is 6.14. The Morgan fingerprint density at radius 2 is 1.61 bits per heavy atom. The van der Waals surface area contributed by atoms with Gasteiger partial charge in [-0.3, -0.25) is 19.2 Å². The summed E-state index contributed by atoms with van der Waals surface area (Å²) >= 11 is 1.18. The zero-order valence-corrected chi connectivity index (χ0v) is 18.7. The van der Waals surface area contributed by atoms with Gasteiger partial charge in [0.2, 0.25) is 0 Å². The van der Waals surface area contributed by atoms with Crippen molar-refractivity contribution in [3.63, 3.8) is 0 Å². The molecular weight excluding hydrogens is 446 g/mol. The van der Waals surface area contributed by atoms with Crippen molar-refractivity contribution in [1.29, 1.82) is 0 Å². The minimum Gasteiger partial charge on any atom is -0.481 e. The van der Waals surface area contributed by atoms with Crippen LogP contribution in [0.3, 0.4) is 0 Å². The summed E-state index contributed by atoms with van der Waals surface area (Å²) in [5, 5.41) is 7.91. The number of aliphatic carboxylic acids is 1. The van der Waals surface area contributed by atoms with E-state index in [9.17, 15) is 19.2 Å². The molecule has 10 heteroatoms. The van der Waals surface area contributed by atoms with Gasteiger partial charge in [0.25, 0.3) is 0 Å². The summed E-state index contributed by atoms with van der Waals surface area (Å²) in [4.78, 5) is 48.2. The first-order chi connectivity index (χ1) is 15.7. The van der Waals surface area contributed by atoms with Gasteiger partial charge in [0.05, 0.1) is 23.9 Å². The Morgan fingerprint density at radius 1 is 0.970 bits per heavy atom. The average molecular weight is 474 g/mol. The first kappa shape index (κ1) is 26.2. The highest BCUT2D eigenvalue weighted by atomic mass is 32.2. The summed E-state index contributed by atoms with van der Waals surface area (Å²) in [5.74, 6) is -2.02. The molecular formula is C23H27N3O6S. The van der Waals surface area contributed by atoms with Gasteiger partial charge in [0.15, 0.2) is 11.6 Å². The molecule has 0 amide bonds. The number of thioether (sulfide) groups is 1. The molecule has 0 aliphatic rings. The van der Waals surface area contributed by atoms with Crippen molar-refractivity contribution in [2.45, 2.75) is 35.9 Å². The highest BCUT2D eigenvalue weighted by Crippen LogP contribution is 2.25. The number of ether oxygens (including phenoxy) is 1. The summed E-state index contributed by atoms with van der Waals surface area (Å²) < 4.78 is 4.98. The van der Waals surface area contributed by atoms with Gasteiger partial charge in [-0.15, -0.1) is 11.8 Å². The molecule has 0 spiro atoms. The first-order valence-corrected chi connectivity index (χ1v) is 11.2. The van der Waals surface area contributed by atoms with E-state index in [1.165, 1.54) is 36.0 Å². The maximum Gasteiger partial charge on any atom is 0.325 e. The predicted molar refractivity (Wildman–Crippen MR) is 125 cm³/mol. The van der Waals surface area contributed by atoms with E-state index in [1.807, 2.05) is 30.3 Å². The van der Waals surface area contributed by atoms with Crippen molar-refractivity contribution >= 4 is 35.3 Å². The maximum absolute atomic E-state index is 13.0. The zero-order chi connectivity index (χ0) is 24.4. The van der Waals surface area contributed by atoms with E-state index >= 15 is 0 Å². The summed E-state index contributed by atoms with van der Waals surface area (Å²) in [6.07, 6.45) is -0.326. The third-order valence-electron chi connectivity index (χ3n) is 4.75. The Kier molecular flexibility index (Phi) is 10.2. The lowest BCUT2D eigenvalue weighted by Crippen LogP contribution is -2.50. The van der Waals surface area contributed by atoms with Crippen molar-refractivity contribution in [3.05, 3.63) is 65.7 Å². The van der Waals surface area contributed by atoms with Crippen LogP contribution in [-0.2, 0) is 20.1 Å². The van der Waals surface area contributed by atoms with Crippen molar-refractivity contribution in [3.8, 4) is 5.75 Å². The molecule has 0 bridgehead atoms. The molecule has 0 saturated heterocycles. The lowest BCUT2D eigenvalue weighted by atomic mass is 9.95. The standard InChI is InChI=1S/C23H27N3O6S/c24-12-19(29)32-16-8-6-15(7-9-16)21(30)20(26)23(22(31)17(25)10-11-18(27)28)33-13-14-4-2-1-3-5-14/h1-9,17,20,23H,10-13,24-26H2,(H,27,28)/t17-,20+,23?/m0/s1. The Morgan fingerprint density at radius 3 is 2.18 bits per heavy atom. The number of nitrogens with two attached hydrogens (primary N) is 3. The largest absolute Gasteiger partial charge is 0.481 e. The number of carboxylic acids is 1. The Labute approximate surface area is 195 Å². The minimum atomic E-state index is -1.21. The molecule has 3 atom stereocenters.